The molecule has 0 aliphatic carbocycles. The second-order valence-corrected chi connectivity index (χ2v) is 5.22. The number of oxime groups is 1. The summed E-state index contributed by atoms with van der Waals surface area (Å²) in [5, 5.41) is 12.6. The SMILES string of the molecule is CC=NOC(CCOc1ccc(CC(=O)O)cc1)c1ccccc1. The van der Waals surface area contributed by atoms with Gasteiger partial charge in [0.2, 0.25) is 0 Å². The van der Waals surface area contributed by atoms with Crippen LogP contribution in [0.25, 0.3) is 0 Å². The molecule has 0 radical (unpaired) electrons. The van der Waals surface area contributed by atoms with Crippen LogP contribution in [0.4, 0.5) is 0 Å². The molecule has 1 atom stereocenters. The first-order valence-corrected chi connectivity index (χ1v) is 7.81. The minimum absolute atomic E-state index is 0.0131. The van der Waals surface area contributed by atoms with Crippen molar-refractivity contribution in [2.24, 2.45) is 5.16 Å². The molecule has 24 heavy (non-hydrogen) atoms. The van der Waals surface area contributed by atoms with Crippen molar-refractivity contribution in [2.75, 3.05) is 6.61 Å². The van der Waals surface area contributed by atoms with Gasteiger partial charge in [0.05, 0.1) is 13.0 Å². The molecule has 0 aliphatic heterocycles. The molecular formula is C19H21NO4. The summed E-state index contributed by atoms with van der Waals surface area (Å²) >= 11 is 0. The number of nitrogens with zero attached hydrogens (tertiary/aromatic N) is 1. The summed E-state index contributed by atoms with van der Waals surface area (Å²) in [5.41, 5.74) is 1.79. The molecule has 0 aromatic heterocycles. The Labute approximate surface area is 141 Å². The Hall–Kier alpha value is -2.82. The quantitative estimate of drug-likeness (QED) is 0.561. The van der Waals surface area contributed by atoms with Crippen molar-refractivity contribution >= 4 is 12.2 Å². The summed E-state index contributed by atoms with van der Waals surface area (Å²) < 4.78 is 5.72. The third kappa shape index (κ3) is 5.76. The van der Waals surface area contributed by atoms with Gasteiger partial charge in [-0.15, -0.1) is 0 Å². The highest BCUT2D eigenvalue weighted by Crippen LogP contribution is 2.22. The van der Waals surface area contributed by atoms with E-state index in [1.54, 1.807) is 37.4 Å². The summed E-state index contributed by atoms with van der Waals surface area (Å²) in [7, 11) is 0. The molecule has 5 heteroatoms. The molecule has 0 saturated carbocycles. The fraction of sp³-hybridized carbons (Fsp3) is 0.263. The van der Waals surface area contributed by atoms with Crippen LogP contribution in [0.2, 0.25) is 0 Å². The Balaban J connectivity index is 1.89. The summed E-state index contributed by atoms with van der Waals surface area (Å²) in [6.45, 7) is 2.27. The van der Waals surface area contributed by atoms with Crippen molar-refractivity contribution in [3.8, 4) is 5.75 Å². The Morgan fingerprint density at radius 2 is 1.88 bits per heavy atom. The van der Waals surface area contributed by atoms with E-state index in [1.165, 1.54) is 0 Å². The summed E-state index contributed by atoms with van der Waals surface area (Å²) in [6, 6.07) is 17.0. The second-order valence-electron chi connectivity index (χ2n) is 5.22. The van der Waals surface area contributed by atoms with E-state index in [0.29, 0.717) is 18.8 Å². The zero-order valence-electron chi connectivity index (χ0n) is 13.6. The summed E-state index contributed by atoms with van der Waals surface area (Å²) in [6.07, 6.45) is 2.10. The number of carbonyl (C=O) groups is 1. The van der Waals surface area contributed by atoms with Gasteiger partial charge in [-0.05, 0) is 30.2 Å². The number of hydrogen-bond acceptors (Lipinski definition) is 4. The molecule has 0 heterocycles. The molecule has 0 spiro atoms. The van der Waals surface area contributed by atoms with Crippen molar-refractivity contribution in [1.29, 1.82) is 0 Å². The molecule has 2 rings (SSSR count). The third-order valence-corrected chi connectivity index (χ3v) is 3.39. The van der Waals surface area contributed by atoms with Crippen LogP contribution in [0.3, 0.4) is 0 Å². The lowest BCUT2D eigenvalue weighted by atomic mass is 10.1. The average Bonchev–Trinajstić information content (AvgIpc) is 2.59. The summed E-state index contributed by atoms with van der Waals surface area (Å²) in [4.78, 5) is 16.2. The predicted molar refractivity (Wildman–Crippen MR) is 92.3 cm³/mol. The van der Waals surface area contributed by atoms with Crippen molar-refractivity contribution in [2.45, 2.75) is 25.9 Å². The first-order chi connectivity index (χ1) is 11.7. The molecule has 0 aliphatic rings. The highest BCUT2D eigenvalue weighted by molar-refractivity contribution is 5.70. The Morgan fingerprint density at radius 3 is 2.50 bits per heavy atom. The molecule has 2 aromatic rings. The zero-order valence-corrected chi connectivity index (χ0v) is 13.6. The van der Waals surface area contributed by atoms with Crippen molar-refractivity contribution < 1.29 is 19.5 Å². The third-order valence-electron chi connectivity index (χ3n) is 3.39. The van der Waals surface area contributed by atoms with Gasteiger partial charge in [0.1, 0.15) is 5.75 Å². The minimum atomic E-state index is -0.844. The van der Waals surface area contributed by atoms with Crippen molar-refractivity contribution in [1.82, 2.24) is 0 Å². The molecule has 0 fully saturated rings. The van der Waals surface area contributed by atoms with E-state index in [9.17, 15) is 4.79 Å². The number of hydrogen-bond donors (Lipinski definition) is 1. The lowest BCUT2D eigenvalue weighted by molar-refractivity contribution is -0.136. The molecule has 1 unspecified atom stereocenters. The first kappa shape index (κ1) is 17.5. The Kier molecular flexibility index (Phi) is 6.83. The fourth-order valence-electron chi connectivity index (χ4n) is 2.24. The van der Waals surface area contributed by atoms with Crippen LogP contribution in [-0.4, -0.2) is 23.9 Å². The van der Waals surface area contributed by atoms with Crippen molar-refractivity contribution in [3.63, 3.8) is 0 Å². The monoisotopic (exact) mass is 327 g/mol. The zero-order chi connectivity index (χ0) is 17.2. The topological polar surface area (TPSA) is 68.1 Å². The lowest BCUT2D eigenvalue weighted by Crippen LogP contribution is -2.07. The van der Waals surface area contributed by atoms with Crippen LogP contribution in [0, 0.1) is 0 Å². The highest BCUT2D eigenvalue weighted by Gasteiger charge is 2.12. The molecule has 0 bridgehead atoms. The van der Waals surface area contributed by atoms with Crippen molar-refractivity contribution in [3.05, 3.63) is 65.7 Å². The maximum atomic E-state index is 10.7. The van der Waals surface area contributed by atoms with Gasteiger partial charge in [-0.25, -0.2) is 0 Å². The van der Waals surface area contributed by atoms with E-state index < -0.39 is 5.97 Å². The van der Waals surface area contributed by atoms with Gasteiger partial charge in [0, 0.05) is 12.6 Å². The average molecular weight is 327 g/mol. The van der Waals surface area contributed by atoms with Gasteiger partial charge in [0.25, 0.3) is 0 Å². The van der Waals surface area contributed by atoms with Crippen LogP contribution >= 0.6 is 0 Å². The number of benzene rings is 2. The van der Waals surface area contributed by atoms with Gasteiger partial charge in [-0.3, -0.25) is 4.79 Å². The van der Waals surface area contributed by atoms with Gasteiger partial charge in [-0.1, -0.05) is 47.6 Å². The van der Waals surface area contributed by atoms with E-state index in [4.69, 9.17) is 14.7 Å². The van der Waals surface area contributed by atoms with Crippen LogP contribution in [0.5, 0.6) is 5.75 Å². The largest absolute Gasteiger partial charge is 0.493 e. The normalized spacial score (nSPS) is 12.0. The predicted octanol–water partition coefficient (Wildman–Crippen LogP) is 3.85. The van der Waals surface area contributed by atoms with Crippen LogP contribution in [-0.2, 0) is 16.1 Å². The van der Waals surface area contributed by atoms with E-state index >= 15 is 0 Å². The van der Waals surface area contributed by atoms with E-state index in [-0.39, 0.29) is 12.5 Å². The maximum Gasteiger partial charge on any atom is 0.307 e. The van der Waals surface area contributed by atoms with Crippen LogP contribution in [0.15, 0.2) is 59.8 Å². The van der Waals surface area contributed by atoms with Crippen LogP contribution in [0.1, 0.15) is 30.6 Å². The summed E-state index contributed by atoms with van der Waals surface area (Å²) in [5.74, 6) is -0.141. The number of carboxylic acid groups (broad SMARTS) is 1. The molecule has 126 valence electrons. The van der Waals surface area contributed by atoms with Crippen LogP contribution < -0.4 is 4.74 Å². The molecule has 5 nitrogen and oxygen atoms in total. The maximum absolute atomic E-state index is 10.7. The van der Waals surface area contributed by atoms with E-state index in [1.807, 2.05) is 30.3 Å². The first-order valence-electron chi connectivity index (χ1n) is 7.81. The fourth-order valence-corrected chi connectivity index (χ4v) is 2.24. The van der Waals surface area contributed by atoms with Gasteiger partial charge < -0.3 is 14.7 Å². The Morgan fingerprint density at radius 1 is 1.17 bits per heavy atom. The van der Waals surface area contributed by atoms with E-state index in [0.717, 1.165) is 11.1 Å². The minimum Gasteiger partial charge on any atom is -0.493 e. The second kappa shape index (κ2) is 9.35. The molecular weight excluding hydrogens is 306 g/mol. The standard InChI is InChI=1S/C19H21NO4/c1-2-20-24-18(16-6-4-3-5-7-16)12-13-23-17-10-8-15(9-11-17)14-19(21)22/h2-11,18H,12-14H2,1H3,(H,21,22). The number of rotatable bonds is 9. The lowest BCUT2D eigenvalue weighted by Gasteiger charge is -2.16. The molecule has 0 saturated heterocycles. The van der Waals surface area contributed by atoms with Gasteiger partial charge >= 0.3 is 5.97 Å². The number of carboxylic acids is 1. The smallest absolute Gasteiger partial charge is 0.307 e. The molecule has 0 amide bonds. The highest BCUT2D eigenvalue weighted by atomic mass is 16.6. The number of ether oxygens (including phenoxy) is 1. The Bertz CT molecular complexity index is 653. The van der Waals surface area contributed by atoms with E-state index in [2.05, 4.69) is 5.16 Å². The van der Waals surface area contributed by atoms with Gasteiger partial charge in [0.15, 0.2) is 6.10 Å². The molecule has 1 N–H and O–H groups in total. The van der Waals surface area contributed by atoms with Gasteiger partial charge in [-0.2, -0.15) is 0 Å². The molecule has 2 aromatic carbocycles. The number of aliphatic carboxylic acids is 1.